The van der Waals surface area contributed by atoms with Crippen LogP contribution in [0.1, 0.15) is 5.56 Å². The Balaban J connectivity index is 2.10. The summed E-state index contributed by atoms with van der Waals surface area (Å²) in [5, 5.41) is 6.17. The van der Waals surface area contributed by atoms with E-state index in [4.69, 9.17) is 0 Å². The number of rotatable bonds is 4. The summed E-state index contributed by atoms with van der Waals surface area (Å²) in [5.74, 6) is -0.520. The molecule has 0 spiro atoms. The van der Waals surface area contributed by atoms with Crippen LogP contribution in [-0.4, -0.2) is 19.0 Å². The Kier molecular flexibility index (Phi) is 4.64. The predicted octanol–water partition coefficient (Wildman–Crippen LogP) is 2.62. The monoisotopic (exact) mass is 343 g/mol. The fourth-order valence-corrected chi connectivity index (χ4v) is 2.93. The fraction of sp³-hybridized carbons (Fsp3) is 0.0588. The molecule has 5 nitrogen and oxygen atoms in total. The standard InChI is InChI=1S/C17H13FN2O3S/c18-14-3-1-2-13(8-14)16-15(9-19-20-17(16)21)12-6-4-11(5-7-12)10-24(22)23/h1-9H,10H2,(H,20,21)(H,22,23)/p-1. The zero-order chi connectivity index (χ0) is 17.1. The molecule has 0 aliphatic rings. The van der Waals surface area contributed by atoms with E-state index in [9.17, 15) is 17.9 Å². The Morgan fingerprint density at radius 1 is 1.12 bits per heavy atom. The van der Waals surface area contributed by atoms with E-state index in [1.807, 2.05) is 0 Å². The number of aromatic amines is 1. The summed E-state index contributed by atoms with van der Waals surface area (Å²) in [7, 11) is 0. The minimum absolute atomic E-state index is 0.0787. The first-order valence-electron chi connectivity index (χ1n) is 7.03. The Hall–Kier alpha value is -2.64. The van der Waals surface area contributed by atoms with Gasteiger partial charge in [0, 0.05) is 11.3 Å². The molecule has 0 bridgehead atoms. The molecule has 0 saturated heterocycles. The second-order valence-electron chi connectivity index (χ2n) is 5.14. The normalized spacial score (nSPS) is 12.1. The topological polar surface area (TPSA) is 85.9 Å². The van der Waals surface area contributed by atoms with Crippen molar-refractivity contribution in [1.29, 1.82) is 0 Å². The SMILES string of the molecule is O=c1[nH]ncc(-c2ccc(CS(=O)[O-])cc2)c1-c1cccc(F)c1. The molecule has 1 N–H and O–H groups in total. The summed E-state index contributed by atoms with van der Waals surface area (Å²) in [6, 6.07) is 12.5. The first kappa shape index (κ1) is 16.2. The number of hydrogen-bond donors (Lipinski definition) is 1. The molecule has 24 heavy (non-hydrogen) atoms. The molecule has 122 valence electrons. The van der Waals surface area contributed by atoms with Crippen molar-refractivity contribution in [2.75, 3.05) is 0 Å². The highest BCUT2D eigenvalue weighted by Crippen LogP contribution is 2.29. The minimum atomic E-state index is -2.17. The average molecular weight is 343 g/mol. The van der Waals surface area contributed by atoms with Gasteiger partial charge in [0.1, 0.15) is 5.82 Å². The van der Waals surface area contributed by atoms with Crippen molar-refractivity contribution in [2.45, 2.75) is 5.75 Å². The lowest BCUT2D eigenvalue weighted by molar-refractivity contribution is 0.536. The van der Waals surface area contributed by atoms with E-state index in [1.165, 1.54) is 24.4 Å². The molecule has 1 heterocycles. The first-order chi connectivity index (χ1) is 11.5. The largest absolute Gasteiger partial charge is 0.772 e. The Morgan fingerprint density at radius 2 is 1.88 bits per heavy atom. The first-order valence-corrected chi connectivity index (χ1v) is 8.28. The van der Waals surface area contributed by atoms with Gasteiger partial charge in [0.05, 0.1) is 11.8 Å². The van der Waals surface area contributed by atoms with E-state index < -0.39 is 22.5 Å². The van der Waals surface area contributed by atoms with Gasteiger partial charge < -0.3 is 4.55 Å². The van der Waals surface area contributed by atoms with Crippen LogP contribution in [0.15, 0.2) is 59.5 Å². The number of halogens is 1. The molecule has 0 fully saturated rings. The Bertz CT molecular complexity index is 955. The van der Waals surface area contributed by atoms with Crippen LogP contribution >= 0.6 is 0 Å². The molecule has 0 amide bonds. The summed E-state index contributed by atoms with van der Waals surface area (Å²) in [6.45, 7) is 0. The predicted molar refractivity (Wildman–Crippen MR) is 88.3 cm³/mol. The van der Waals surface area contributed by atoms with Crippen LogP contribution in [0.3, 0.4) is 0 Å². The summed E-state index contributed by atoms with van der Waals surface area (Å²) < 4.78 is 35.0. The quantitative estimate of drug-likeness (QED) is 0.738. The van der Waals surface area contributed by atoms with E-state index in [-0.39, 0.29) is 5.75 Å². The fourth-order valence-electron chi connectivity index (χ4n) is 2.46. The van der Waals surface area contributed by atoms with Crippen LogP contribution in [-0.2, 0) is 16.8 Å². The van der Waals surface area contributed by atoms with E-state index in [1.54, 1.807) is 30.3 Å². The van der Waals surface area contributed by atoms with Crippen LogP contribution < -0.4 is 5.56 Å². The van der Waals surface area contributed by atoms with Gasteiger partial charge in [-0.2, -0.15) is 5.10 Å². The van der Waals surface area contributed by atoms with Gasteiger partial charge in [0.2, 0.25) is 0 Å². The van der Waals surface area contributed by atoms with Crippen molar-refractivity contribution in [3.63, 3.8) is 0 Å². The summed E-state index contributed by atoms with van der Waals surface area (Å²) in [5.41, 5.74) is 2.19. The van der Waals surface area contributed by atoms with E-state index in [0.717, 1.165) is 0 Å². The third kappa shape index (κ3) is 3.47. The van der Waals surface area contributed by atoms with E-state index in [2.05, 4.69) is 10.2 Å². The van der Waals surface area contributed by atoms with Crippen molar-refractivity contribution >= 4 is 11.1 Å². The Morgan fingerprint density at radius 3 is 2.54 bits per heavy atom. The number of aromatic nitrogens is 2. The van der Waals surface area contributed by atoms with Crippen LogP contribution in [0.5, 0.6) is 0 Å². The molecule has 0 aliphatic heterocycles. The van der Waals surface area contributed by atoms with Gasteiger partial charge in [-0.05, 0) is 28.8 Å². The van der Waals surface area contributed by atoms with Gasteiger partial charge in [-0.1, -0.05) is 47.5 Å². The van der Waals surface area contributed by atoms with Gasteiger partial charge in [-0.3, -0.25) is 9.00 Å². The van der Waals surface area contributed by atoms with E-state index in [0.29, 0.717) is 27.8 Å². The molecule has 0 saturated carbocycles. The molecule has 1 aromatic heterocycles. The van der Waals surface area contributed by atoms with Crippen molar-refractivity contribution in [3.8, 4) is 22.3 Å². The van der Waals surface area contributed by atoms with Crippen molar-refractivity contribution in [3.05, 3.63) is 76.5 Å². The highest BCUT2D eigenvalue weighted by atomic mass is 32.2. The second-order valence-corrected chi connectivity index (χ2v) is 6.04. The highest BCUT2D eigenvalue weighted by Gasteiger charge is 2.13. The lowest BCUT2D eigenvalue weighted by Gasteiger charge is -2.10. The van der Waals surface area contributed by atoms with Crippen LogP contribution in [0.4, 0.5) is 4.39 Å². The van der Waals surface area contributed by atoms with Crippen molar-refractivity contribution < 1.29 is 13.2 Å². The number of H-pyrrole nitrogens is 1. The maximum absolute atomic E-state index is 13.5. The zero-order valence-corrected chi connectivity index (χ0v) is 13.2. The number of benzene rings is 2. The van der Waals surface area contributed by atoms with Crippen molar-refractivity contribution in [1.82, 2.24) is 10.2 Å². The number of nitrogens with zero attached hydrogens (tertiary/aromatic N) is 1. The highest BCUT2D eigenvalue weighted by molar-refractivity contribution is 7.78. The summed E-state index contributed by atoms with van der Waals surface area (Å²) in [4.78, 5) is 12.2. The van der Waals surface area contributed by atoms with Gasteiger partial charge in [-0.25, -0.2) is 9.49 Å². The van der Waals surface area contributed by atoms with Gasteiger partial charge in [-0.15, -0.1) is 0 Å². The molecule has 0 radical (unpaired) electrons. The molecule has 2 aromatic carbocycles. The third-order valence-electron chi connectivity index (χ3n) is 3.52. The summed E-state index contributed by atoms with van der Waals surface area (Å²) >= 11 is -2.17. The second kappa shape index (κ2) is 6.86. The lowest BCUT2D eigenvalue weighted by atomic mass is 9.97. The zero-order valence-electron chi connectivity index (χ0n) is 12.4. The van der Waals surface area contributed by atoms with Crippen LogP contribution in [0.2, 0.25) is 0 Å². The maximum Gasteiger partial charge on any atom is 0.272 e. The van der Waals surface area contributed by atoms with Crippen LogP contribution in [0, 0.1) is 5.82 Å². The molecule has 3 rings (SSSR count). The number of hydrogen-bond acceptors (Lipinski definition) is 4. The smallest absolute Gasteiger partial charge is 0.272 e. The molecule has 1 unspecified atom stereocenters. The summed E-state index contributed by atoms with van der Waals surface area (Å²) in [6.07, 6.45) is 1.49. The van der Waals surface area contributed by atoms with E-state index >= 15 is 0 Å². The van der Waals surface area contributed by atoms with Crippen molar-refractivity contribution in [2.24, 2.45) is 0 Å². The molecular weight excluding hydrogens is 331 g/mol. The van der Waals surface area contributed by atoms with Gasteiger partial charge >= 0.3 is 0 Å². The average Bonchev–Trinajstić information content (AvgIpc) is 2.55. The molecule has 3 aromatic rings. The third-order valence-corrected chi connectivity index (χ3v) is 4.09. The molecule has 1 atom stereocenters. The minimum Gasteiger partial charge on any atom is -0.772 e. The molecular formula is C17H12FN2O3S-. The Labute approximate surface area is 139 Å². The molecule has 7 heteroatoms. The number of nitrogens with one attached hydrogen (secondary N) is 1. The van der Waals surface area contributed by atoms with Crippen LogP contribution in [0.25, 0.3) is 22.3 Å². The van der Waals surface area contributed by atoms with Gasteiger partial charge in [0.25, 0.3) is 5.56 Å². The molecule has 0 aliphatic carbocycles. The maximum atomic E-state index is 13.5. The lowest BCUT2D eigenvalue weighted by Crippen LogP contribution is -2.12. The van der Waals surface area contributed by atoms with Gasteiger partial charge in [0.15, 0.2) is 0 Å².